The lowest BCUT2D eigenvalue weighted by Gasteiger charge is -2.28. The number of allylic oxidation sites excluding steroid dienone is 1. The molecule has 1 atom stereocenters. The predicted molar refractivity (Wildman–Crippen MR) is 145 cm³/mol. The molecule has 0 saturated heterocycles. The molecule has 0 fully saturated rings. The molecule has 0 saturated carbocycles. The Hall–Kier alpha value is -4.24. The summed E-state index contributed by atoms with van der Waals surface area (Å²) in [5.41, 5.74) is 4.01. The van der Waals surface area contributed by atoms with Crippen molar-refractivity contribution in [3.05, 3.63) is 101 Å². The Bertz CT molecular complexity index is 1430. The van der Waals surface area contributed by atoms with Gasteiger partial charge in [0.25, 0.3) is 5.91 Å². The van der Waals surface area contributed by atoms with Gasteiger partial charge in [-0.05, 0) is 54.4 Å². The summed E-state index contributed by atoms with van der Waals surface area (Å²) in [7, 11) is 3.28. The highest BCUT2D eigenvalue weighted by Gasteiger charge is 2.34. The smallest absolute Gasteiger partial charge is 0.255 e. The van der Waals surface area contributed by atoms with Gasteiger partial charge >= 0.3 is 0 Å². The van der Waals surface area contributed by atoms with Crippen LogP contribution in [0.5, 0.6) is 11.5 Å². The molecule has 1 aromatic heterocycles. The monoisotopic (exact) mass is 513 g/mol. The molecule has 1 aliphatic heterocycles. The SMILES string of the molecule is COc1ccc(C2C(C(=O)Nc3ccccc3)=C(C)Nc3nc(SCc4cccc(OC)c4)nn32)cc1. The molecule has 188 valence electrons. The fourth-order valence-electron chi connectivity index (χ4n) is 4.21. The first kappa shape index (κ1) is 24.5. The maximum atomic E-state index is 13.6. The molecule has 5 rings (SSSR count). The van der Waals surface area contributed by atoms with E-state index in [0.29, 0.717) is 22.4 Å². The number of thioether (sulfide) groups is 1. The molecule has 1 aliphatic rings. The van der Waals surface area contributed by atoms with Gasteiger partial charge in [0.05, 0.1) is 19.8 Å². The van der Waals surface area contributed by atoms with E-state index in [1.54, 1.807) is 18.9 Å². The third-order valence-electron chi connectivity index (χ3n) is 6.04. The van der Waals surface area contributed by atoms with Crippen molar-refractivity contribution in [2.45, 2.75) is 23.9 Å². The predicted octanol–water partition coefficient (Wildman–Crippen LogP) is 5.52. The highest BCUT2D eigenvalue weighted by Crippen LogP contribution is 2.37. The fraction of sp³-hybridized carbons (Fsp3) is 0.179. The summed E-state index contributed by atoms with van der Waals surface area (Å²) < 4.78 is 12.5. The van der Waals surface area contributed by atoms with Crippen molar-refractivity contribution >= 4 is 29.3 Å². The number of para-hydroxylation sites is 1. The largest absolute Gasteiger partial charge is 0.497 e. The van der Waals surface area contributed by atoms with E-state index in [4.69, 9.17) is 19.6 Å². The first-order valence-corrected chi connectivity index (χ1v) is 12.7. The van der Waals surface area contributed by atoms with E-state index >= 15 is 0 Å². The minimum atomic E-state index is -0.468. The molecule has 2 N–H and O–H groups in total. The minimum Gasteiger partial charge on any atom is -0.497 e. The molecule has 1 unspecified atom stereocenters. The van der Waals surface area contributed by atoms with Crippen LogP contribution in [0.3, 0.4) is 0 Å². The van der Waals surface area contributed by atoms with Crippen LogP contribution in [0.2, 0.25) is 0 Å². The number of hydrogen-bond donors (Lipinski definition) is 2. The van der Waals surface area contributed by atoms with Gasteiger partial charge in [-0.2, -0.15) is 4.98 Å². The summed E-state index contributed by atoms with van der Waals surface area (Å²) in [5, 5.41) is 11.7. The highest BCUT2D eigenvalue weighted by molar-refractivity contribution is 7.98. The quantitative estimate of drug-likeness (QED) is 0.300. The average Bonchev–Trinajstić information content (AvgIpc) is 3.34. The third kappa shape index (κ3) is 5.31. The van der Waals surface area contributed by atoms with Gasteiger partial charge in [0.2, 0.25) is 11.1 Å². The van der Waals surface area contributed by atoms with Crippen molar-refractivity contribution < 1.29 is 14.3 Å². The lowest BCUT2D eigenvalue weighted by molar-refractivity contribution is -0.113. The first-order chi connectivity index (χ1) is 18.1. The van der Waals surface area contributed by atoms with Gasteiger partial charge in [-0.3, -0.25) is 4.79 Å². The van der Waals surface area contributed by atoms with Crippen molar-refractivity contribution in [3.63, 3.8) is 0 Å². The van der Waals surface area contributed by atoms with Crippen LogP contribution >= 0.6 is 11.8 Å². The number of nitrogens with zero attached hydrogens (tertiary/aromatic N) is 3. The van der Waals surface area contributed by atoms with Crippen LogP contribution in [0.1, 0.15) is 24.1 Å². The molecular formula is C28H27N5O3S. The van der Waals surface area contributed by atoms with Gasteiger partial charge in [0.1, 0.15) is 17.5 Å². The Morgan fingerprint density at radius 3 is 2.49 bits per heavy atom. The van der Waals surface area contributed by atoms with Crippen LogP contribution in [-0.4, -0.2) is 34.9 Å². The molecule has 0 aliphatic carbocycles. The van der Waals surface area contributed by atoms with Gasteiger partial charge < -0.3 is 20.1 Å². The summed E-state index contributed by atoms with van der Waals surface area (Å²) in [5.74, 6) is 2.61. The van der Waals surface area contributed by atoms with E-state index in [1.807, 2.05) is 85.8 Å². The maximum absolute atomic E-state index is 13.6. The zero-order valence-corrected chi connectivity index (χ0v) is 21.6. The van der Waals surface area contributed by atoms with Crippen LogP contribution in [0.15, 0.2) is 95.3 Å². The number of carbonyl (C=O) groups excluding carboxylic acids is 1. The van der Waals surface area contributed by atoms with E-state index in [2.05, 4.69) is 10.6 Å². The molecule has 37 heavy (non-hydrogen) atoms. The van der Waals surface area contributed by atoms with Gasteiger partial charge in [0.15, 0.2) is 0 Å². The Morgan fingerprint density at radius 1 is 1.00 bits per heavy atom. The average molecular weight is 514 g/mol. The lowest BCUT2D eigenvalue weighted by atomic mass is 9.95. The number of anilines is 2. The zero-order chi connectivity index (χ0) is 25.8. The molecule has 4 aromatic rings. The minimum absolute atomic E-state index is 0.205. The second-order valence-corrected chi connectivity index (χ2v) is 9.40. The summed E-state index contributed by atoms with van der Waals surface area (Å²) in [6, 6.07) is 24.5. The molecule has 3 aromatic carbocycles. The zero-order valence-electron chi connectivity index (χ0n) is 20.8. The van der Waals surface area contributed by atoms with E-state index in [1.165, 1.54) is 11.8 Å². The van der Waals surface area contributed by atoms with Crippen LogP contribution in [0, 0.1) is 0 Å². The topological polar surface area (TPSA) is 90.3 Å². The van der Waals surface area contributed by atoms with Crippen LogP contribution in [-0.2, 0) is 10.5 Å². The van der Waals surface area contributed by atoms with Crippen LogP contribution in [0.4, 0.5) is 11.6 Å². The van der Waals surface area contributed by atoms with Crippen molar-refractivity contribution in [1.29, 1.82) is 0 Å². The van der Waals surface area contributed by atoms with Gasteiger partial charge in [-0.15, -0.1) is 5.10 Å². The number of fused-ring (bicyclic) bond motifs is 1. The number of ether oxygens (including phenoxy) is 2. The molecule has 2 heterocycles. The number of hydrogen-bond acceptors (Lipinski definition) is 7. The first-order valence-electron chi connectivity index (χ1n) is 11.8. The Morgan fingerprint density at radius 2 is 1.76 bits per heavy atom. The Kier molecular flexibility index (Phi) is 7.14. The normalized spacial score (nSPS) is 14.5. The standard InChI is InChI=1S/C28H27N5O3S/c1-18-24(26(34)30-21-9-5-4-6-10-21)25(20-12-14-22(35-2)15-13-20)33-27(29-18)31-28(32-33)37-17-19-8-7-11-23(16-19)36-3/h4-16,25H,17H2,1-3H3,(H,30,34)(H,29,31,32). The van der Waals surface area contributed by atoms with E-state index in [9.17, 15) is 4.79 Å². The van der Waals surface area contributed by atoms with Gasteiger partial charge in [-0.25, -0.2) is 4.68 Å². The highest BCUT2D eigenvalue weighted by atomic mass is 32.2. The fourth-order valence-corrected chi connectivity index (χ4v) is 4.98. The van der Waals surface area contributed by atoms with Crippen molar-refractivity contribution in [2.24, 2.45) is 0 Å². The second kappa shape index (κ2) is 10.8. The van der Waals surface area contributed by atoms with Crippen molar-refractivity contribution in [1.82, 2.24) is 14.8 Å². The van der Waals surface area contributed by atoms with Crippen LogP contribution < -0.4 is 20.1 Å². The maximum Gasteiger partial charge on any atom is 0.255 e. The number of aromatic nitrogens is 3. The van der Waals surface area contributed by atoms with Crippen molar-refractivity contribution in [3.8, 4) is 11.5 Å². The molecule has 0 spiro atoms. The number of rotatable bonds is 8. The molecule has 1 amide bonds. The van der Waals surface area contributed by atoms with E-state index in [-0.39, 0.29) is 5.91 Å². The van der Waals surface area contributed by atoms with Crippen LogP contribution in [0.25, 0.3) is 0 Å². The molecule has 0 radical (unpaired) electrons. The number of methoxy groups -OCH3 is 2. The summed E-state index contributed by atoms with van der Waals surface area (Å²) >= 11 is 1.53. The Labute approximate surface area is 219 Å². The number of carbonyl (C=O) groups is 1. The number of nitrogens with one attached hydrogen (secondary N) is 2. The van der Waals surface area contributed by atoms with Gasteiger partial charge in [-0.1, -0.05) is 54.2 Å². The van der Waals surface area contributed by atoms with Gasteiger partial charge in [0, 0.05) is 17.1 Å². The van der Waals surface area contributed by atoms with Crippen molar-refractivity contribution in [2.75, 3.05) is 24.9 Å². The molecular weight excluding hydrogens is 486 g/mol. The molecule has 0 bridgehead atoms. The lowest BCUT2D eigenvalue weighted by Crippen LogP contribution is -2.31. The third-order valence-corrected chi connectivity index (χ3v) is 6.95. The van der Waals surface area contributed by atoms with E-state index < -0.39 is 6.04 Å². The molecule has 8 nitrogen and oxygen atoms in total. The van der Waals surface area contributed by atoms with E-state index in [0.717, 1.165) is 34.0 Å². The summed E-state index contributed by atoms with van der Waals surface area (Å²) in [4.78, 5) is 18.3. The second-order valence-electron chi connectivity index (χ2n) is 8.46. The number of amides is 1. The summed E-state index contributed by atoms with van der Waals surface area (Å²) in [6.45, 7) is 1.89. The Balaban J connectivity index is 1.47. The molecule has 9 heteroatoms. The number of benzene rings is 3. The summed E-state index contributed by atoms with van der Waals surface area (Å²) in [6.07, 6.45) is 0.